The molecule has 2 nitrogen and oxygen atoms in total. The maximum absolute atomic E-state index is 3.54. The van der Waals surface area contributed by atoms with Crippen molar-refractivity contribution in [3.8, 4) is 0 Å². The van der Waals surface area contributed by atoms with E-state index in [1.165, 1.54) is 37.6 Å². The van der Waals surface area contributed by atoms with Crippen LogP contribution in [-0.2, 0) is 0 Å². The third-order valence-corrected chi connectivity index (χ3v) is 3.94. The Hall–Kier alpha value is 0.270. The van der Waals surface area contributed by atoms with Crippen LogP contribution in [0.3, 0.4) is 0 Å². The van der Waals surface area contributed by atoms with Crippen LogP contribution in [0.2, 0.25) is 0 Å². The second-order valence-electron chi connectivity index (χ2n) is 4.21. The Balaban J connectivity index is 2.32. The monoisotopic (exact) mass is 216 g/mol. The molecule has 0 aromatic rings. The minimum Gasteiger partial charge on any atom is -0.313 e. The van der Waals surface area contributed by atoms with Gasteiger partial charge in [0.15, 0.2) is 0 Å². The highest BCUT2D eigenvalue weighted by atomic mass is 32.2. The van der Waals surface area contributed by atoms with Crippen molar-refractivity contribution in [1.82, 2.24) is 10.2 Å². The van der Waals surface area contributed by atoms with Crippen LogP contribution >= 0.6 is 11.8 Å². The molecular formula is C11H24N2S. The molecule has 1 saturated heterocycles. The molecule has 1 fully saturated rings. The molecule has 3 heteroatoms. The van der Waals surface area contributed by atoms with E-state index in [0.717, 1.165) is 6.04 Å². The van der Waals surface area contributed by atoms with Crippen LogP contribution in [0.4, 0.5) is 0 Å². The topological polar surface area (TPSA) is 15.3 Å². The van der Waals surface area contributed by atoms with Gasteiger partial charge in [0.05, 0.1) is 0 Å². The first kappa shape index (κ1) is 12.3. The van der Waals surface area contributed by atoms with Gasteiger partial charge in [-0.25, -0.2) is 0 Å². The molecule has 1 rings (SSSR count). The predicted octanol–water partition coefficient (Wildman–Crippen LogP) is 1.81. The molecule has 14 heavy (non-hydrogen) atoms. The Morgan fingerprint density at radius 1 is 1.57 bits per heavy atom. The van der Waals surface area contributed by atoms with E-state index in [1.54, 1.807) is 0 Å². The van der Waals surface area contributed by atoms with Crippen molar-refractivity contribution in [1.29, 1.82) is 0 Å². The summed E-state index contributed by atoms with van der Waals surface area (Å²) in [6.07, 6.45) is 1.30. The zero-order valence-corrected chi connectivity index (χ0v) is 10.6. The second kappa shape index (κ2) is 6.70. The van der Waals surface area contributed by atoms with E-state index in [-0.39, 0.29) is 0 Å². The number of nitrogens with zero attached hydrogens (tertiary/aromatic N) is 1. The van der Waals surface area contributed by atoms with Crippen LogP contribution < -0.4 is 5.32 Å². The van der Waals surface area contributed by atoms with E-state index in [1.807, 2.05) is 0 Å². The summed E-state index contributed by atoms with van der Waals surface area (Å²) in [6, 6.07) is 1.40. The van der Waals surface area contributed by atoms with Gasteiger partial charge < -0.3 is 5.32 Å². The highest BCUT2D eigenvalue weighted by Gasteiger charge is 2.18. The van der Waals surface area contributed by atoms with E-state index in [2.05, 4.69) is 42.7 Å². The molecule has 1 N–H and O–H groups in total. The van der Waals surface area contributed by atoms with Crippen molar-refractivity contribution in [3.05, 3.63) is 0 Å². The van der Waals surface area contributed by atoms with Crippen LogP contribution in [0.5, 0.6) is 0 Å². The van der Waals surface area contributed by atoms with Crippen LogP contribution in [0.1, 0.15) is 27.2 Å². The molecule has 0 aromatic carbocycles. The first-order valence-electron chi connectivity index (χ1n) is 5.79. The first-order valence-corrected chi connectivity index (χ1v) is 6.94. The average molecular weight is 216 g/mol. The van der Waals surface area contributed by atoms with Crippen molar-refractivity contribution in [2.45, 2.75) is 39.3 Å². The van der Waals surface area contributed by atoms with E-state index in [9.17, 15) is 0 Å². The second-order valence-corrected chi connectivity index (χ2v) is 5.53. The van der Waals surface area contributed by atoms with Gasteiger partial charge in [-0.2, -0.15) is 11.8 Å². The fraction of sp³-hybridized carbons (Fsp3) is 1.00. The fourth-order valence-electron chi connectivity index (χ4n) is 1.93. The van der Waals surface area contributed by atoms with Crippen molar-refractivity contribution in [2.24, 2.45) is 0 Å². The Morgan fingerprint density at radius 3 is 3.07 bits per heavy atom. The van der Waals surface area contributed by atoms with Crippen molar-refractivity contribution in [2.75, 3.05) is 31.1 Å². The molecule has 0 amide bonds. The third-order valence-electron chi connectivity index (χ3n) is 2.81. The summed E-state index contributed by atoms with van der Waals surface area (Å²) in [4.78, 5) is 2.63. The van der Waals surface area contributed by atoms with Gasteiger partial charge in [-0.15, -0.1) is 0 Å². The summed E-state index contributed by atoms with van der Waals surface area (Å²) < 4.78 is 0. The minimum atomic E-state index is 0.659. The van der Waals surface area contributed by atoms with Crippen LogP contribution in [0, 0.1) is 0 Å². The summed E-state index contributed by atoms with van der Waals surface area (Å²) in [5, 5.41) is 3.54. The highest BCUT2D eigenvalue weighted by molar-refractivity contribution is 7.99. The van der Waals surface area contributed by atoms with E-state index < -0.39 is 0 Å². The molecule has 0 radical (unpaired) electrons. The van der Waals surface area contributed by atoms with Gasteiger partial charge in [-0.1, -0.05) is 6.92 Å². The van der Waals surface area contributed by atoms with Crippen molar-refractivity contribution >= 4 is 11.8 Å². The molecule has 0 saturated carbocycles. The van der Waals surface area contributed by atoms with Gasteiger partial charge in [0.25, 0.3) is 0 Å². The Bertz CT molecular complexity index is 152. The van der Waals surface area contributed by atoms with Gasteiger partial charge in [-0.05, 0) is 39.1 Å². The van der Waals surface area contributed by atoms with E-state index in [4.69, 9.17) is 0 Å². The van der Waals surface area contributed by atoms with Gasteiger partial charge in [-0.3, -0.25) is 4.90 Å². The molecule has 2 atom stereocenters. The predicted molar refractivity (Wildman–Crippen MR) is 66.1 cm³/mol. The SMILES string of the molecule is CCSCC(C)N1CCCNC(C)C1. The number of rotatable bonds is 4. The smallest absolute Gasteiger partial charge is 0.0166 e. The summed E-state index contributed by atoms with van der Waals surface area (Å²) >= 11 is 2.06. The molecule has 1 aliphatic heterocycles. The summed E-state index contributed by atoms with van der Waals surface area (Å²) in [5.74, 6) is 2.52. The summed E-state index contributed by atoms with van der Waals surface area (Å²) in [5.41, 5.74) is 0. The summed E-state index contributed by atoms with van der Waals surface area (Å²) in [6.45, 7) is 10.6. The van der Waals surface area contributed by atoms with Gasteiger partial charge in [0.2, 0.25) is 0 Å². The standard InChI is InChI=1S/C11H24N2S/c1-4-14-9-11(3)13-7-5-6-12-10(2)8-13/h10-12H,4-9H2,1-3H3. The average Bonchev–Trinajstić information content (AvgIpc) is 2.39. The zero-order chi connectivity index (χ0) is 10.4. The number of thioether (sulfide) groups is 1. The quantitative estimate of drug-likeness (QED) is 0.771. The largest absolute Gasteiger partial charge is 0.313 e. The van der Waals surface area contributed by atoms with Crippen molar-refractivity contribution < 1.29 is 0 Å². The lowest BCUT2D eigenvalue weighted by molar-refractivity contribution is 0.225. The molecule has 2 unspecified atom stereocenters. The number of hydrogen-bond donors (Lipinski definition) is 1. The minimum absolute atomic E-state index is 0.659. The molecule has 1 heterocycles. The van der Waals surface area contributed by atoms with E-state index in [0.29, 0.717) is 6.04 Å². The lowest BCUT2D eigenvalue weighted by atomic mass is 10.2. The molecule has 0 spiro atoms. The highest BCUT2D eigenvalue weighted by Crippen LogP contribution is 2.11. The fourth-order valence-corrected chi connectivity index (χ4v) is 2.72. The third kappa shape index (κ3) is 4.20. The van der Waals surface area contributed by atoms with E-state index >= 15 is 0 Å². The number of nitrogens with one attached hydrogen (secondary N) is 1. The lowest BCUT2D eigenvalue weighted by Gasteiger charge is -2.28. The maximum atomic E-state index is 3.54. The van der Waals surface area contributed by atoms with Gasteiger partial charge in [0.1, 0.15) is 0 Å². The Kier molecular flexibility index (Phi) is 5.90. The first-order chi connectivity index (χ1) is 6.74. The van der Waals surface area contributed by atoms with Crippen LogP contribution in [0.25, 0.3) is 0 Å². The van der Waals surface area contributed by atoms with Crippen LogP contribution in [0.15, 0.2) is 0 Å². The van der Waals surface area contributed by atoms with Crippen molar-refractivity contribution in [3.63, 3.8) is 0 Å². The Morgan fingerprint density at radius 2 is 2.36 bits per heavy atom. The maximum Gasteiger partial charge on any atom is 0.0166 e. The summed E-state index contributed by atoms with van der Waals surface area (Å²) in [7, 11) is 0. The normalized spacial score (nSPS) is 27.2. The van der Waals surface area contributed by atoms with Gasteiger partial charge in [0, 0.05) is 24.4 Å². The molecule has 1 aliphatic rings. The molecule has 0 bridgehead atoms. The number of hydrogen-bond acceptors (Lipinski definition) is 3. The van der Waals surface area contributed by atoms with Gasteiger partial charge >= 0.3 is 0 Å². The Labute approximate surface area is 92.8 Å². The molecule has 84 valence electrons. The zero-order valence-electron chi connectivity index (χ0n) is 9.75. The lowest BCUT2D eigenvalue weighted by Crippen LogP contribution is -2.41. The van der Waals surface area contributed by atoms with Crippen LogP contribution in [-0.4, -0.2) is 48.1 Å². The molecular weight excluding hydrogens is 192 g/mol. The molecule has 0 aliphatic carbocycles. The molecule has 0 aromatic heterocycles.